The van der Waals surface area contributed by atoms with Gasteiger partial charge in [-0.05, 0) is 19.2 Å². The summed E-state index contributed by atoms with van der Waals surface area (Å²) >= 11 is 0. The number of carbonyl (C=O) groups excluding carboxylic acids is 1. The van der Waals surface area contributed by atoms with E-state index < -0.39 is 34.3 Å². The molecule has 3 heterocycles. The molecule has 2 aromatic heterocycles. The molecule has 0 unspecified atom stereocenters. The molecule has 0 spiro atoms. The summed E-state index contributed by atoms with van der Waals surface area (Å²) in [4.78, 5) is 50.5. The van der Waals surface area contributed by atoms with Crippen molar-refractivity contribution in [3.63, 3.8) is 0 Å². The third kappa shape index (κ3) is 4.06. The monoisotopic (exact) mass is 458 g/mol. The van der Waals surface area contributed by atoms with Gasteiger partial charge in [0.15, 0.2) is 11.4 Å². The summed E-state index contributed by atoms with van der Waals surface area (Å²) < 4.78 is 5.54. The van der Waals surface area contributed by atoms with Crippen molar-refractivity contribution in [1.29, 1.82) is 0 Å². The third-order valence-electron chi connectivity index (χ3n) is 5.27. The maximum Gasteiger partial charge on any atom is 0.432 e. The topological polar surface area (TPSA) is 184 Å². The van der Waals surface area contributed by atoms with E-state index in [1.54, 1.807) is 6.07 Å². The molecule has 0 aliphatic carbocycles. The number of carbonyl (C=O) groups is 3. The summed E-state index contributed by atoms with van der Waals surface area (Å²) in [6.45, 7) is 2.93. The molecule has 172 valence electrons. The van der Waals surface area contributed by atoms with Crippen molar-refractivity contribution in [2.24, 2.45) is 0 Å². The average molecular weight is 458 g/mol. The molecule has 1 aliphatic heterocycles. The van der Waals surface area contributed by atoms with Gasteiger partial charge in [0.25, 0.3) is 11.6 Å². The Morgan fingerprint density at radius 3 is 2.45 bits per heavy atom. The number of aromatic carboxylic acids is 1. The first-order chi connectivity index (χ1) is 15.7. The first kappa shape index (κ1) is 21.8. The van der Waals surface area contributed by atoms with Gasteiger partial charge in [0.05, 0.1) is 4.92 Å². The van der Waals surface area contributed by atoms with E-state index in [2.05, 4.69) is 15.3 Å². The molecular weight excluding hydrogens is 440 g/mol. The summed E-state index contributed by atoms with van der Waals surface area (Å²) in [5, 5.41) is 36.0. The van der Waals surface area contributed by atoms with Gasteiger partial charge in [-0.2, -0.15) is 4.68 Å². The van der Waals surface area contributed by atoms with Crippen LogP contribution in [0.1, 0.15) is 20.9 Å². The van der Waals surface area contributed by atoms with E-state index in [1.165, 1.54) is 12.1 Å². The second-order valence-corrected chi connectivity index (χ2v) is 7.38. The van der Waals surface area contributed by atoms with Crippen LogP contribution in [0.2, 0.25) is 0 Å². The summed E-state index contributed by atoms with van der Waals surface area (Å²) in [5.74, 6) is -3.33. The number of piperazine rings is 1. The molecule has 0 bridgehead atoms. The van der Waals surface area contributed by atoms with Crippen molar-refractivity contribution >= 4 is 46.3 Å². The van der Waals surface area contributed by atoms with Crippen LogP contribution in [-0.4, -0.2) is 81.0 Å². The summed E-state index contributed by atoms with van der Waals surface area (Å²) in [5.41, 5.74) is -0.611. The highest BCUT2D eigenvalue weighted by Gasteiger charge is 2.27. The molecule has 1 aliphatic rings. The molecule has 0 atom stereocenters. The lowest BCUT2D eigenvalue weighted by atomic mass is 10.1. The Morgan fingerprint density at radius 1 is 1.15 bits per heavy atom. The van der Waals surface area contributed by atoms with Crippen LogP contribution in [0.15, 0.2) is 28.7 Å². The first-order valence-corrected chi connectivity index (χ1v) is 9.68. The Labute approximate surface area is 184 Å². The highest BCUT2D eigenvalue weighted by atomic mass is 16.6. The number of aromatic nitrogens is 2. The molecule has 3 aromatic rings. The number of hydrogen-bond donors (Lipinski definition) is 3. The van der Waals surface area contributed by atoms with E-state index in [1.807, 2.05) is 11.9 Å². The minimum Gasteiger partial charge on any atom is -0.475 e. The van der Waals surface area contributed by atoms with Crippen LogP contribution in [0.3, 0.4) is 0 Å². The number of likely N-dealkylation sites (N-methyl/N-ethyl adjacent to an activating group) is 1. The van der Waals surface area contributed by atoms with E-state index in [0.29, 0.717) is 23.5 Å². The van der Waals surface area contributed by atoms with Crippen LogP contribution in [-0.2, 0) is 0 Å². The number of nitrogens with one attached hydrogen (secondary N) is 1. The van der Waals surface area contributed by atoms with Gasteiger partial charge in [0, 0.05) is 44.0 Å². The normalized spacial score (nSPS) is 14.4. The summed E-state index contributed by atoms with van der Waals surface area (Å²) in [6.07, 6.45) is -1.54. The molecule has 1 aromatic carbocycles. The Balaban J connectivity index is 1.67. The van der Waals surface area contributed by atoms with Gasteiger partial charge in [-0.15, -0.1) is 5.10 Å². The van der Waals surface area contributed by atoms with Gasteiger partial charge in [-0.1, -0.05) is 0 Å². The maximum absolute atomic E-state index is 12.8. The number of furan rings is 1. The van der Waals surface area contributed by atoms with Crippen molar-refractivity contribution in [1.82, 2.24) is 14.7 Å². The number of nitro groups is 1. The molecule has 3 N–H and O–H groups in total. The van der Waals surface area contributed by atoms with Crippen LogP contribution >= 0.6 is 0 Å². The largest absolute Gasteiger partial charge is 0.475 e. The molecule has 1 fully saturated rings. The molecule has 0 saturated carbocycles. The second kappa shape index (κ2) is 8.23. The highest BCUT2D eigenvalue weighted by Crippen LogP contribution is 2.30. The number of hydrogen-bond acceptors (Lipinski definition) is 9. The van der Waals surface area contributed by atoms with Crippen LogP contribution in [0, 0.1) is 10.1 Å². The number of amides is 1. The summed E-state index contributed by atoms with van der Waals surface area (Å²) in [7, 11) is 1.98. The number of anilines is 2. The first-order valence-electron chi connectivity index (χ1n) is 9.68. The number of nitro benzene ring substituents is 1. The van der Waals surface area contributed by atoms with E-state index in [9.17, 15) is 29.6 Å². The standard InChI is InChI=1S/C19H18N6O8/c1-22-4-6-23(7-5-22)10-2-3-11(12(8-10)25(31)32)17(26)20-16-15-13(24(21-16)19(29)30)9-14(33-15)18(27)28/h2-3,8-9H,4-7H2,1H3,(H,27,28)(H,29,30)(H,20,21,26). The van der Waals surface area contributed by atoms with Crippen LogP contribution < -0.4 is 10.2 Å². The number of carboxylic acid groups (broad SMARTS) is 2. The number of carboxylic acids is 1. The highest BCUT2D eigenvalue weighted by molar-refractivity contribution is 6.10. The molecule has 0 radical (unpaired) electrons. The number of benzene rings is 1. The summed E-state index contributed by atoms with van der Waals surface area (Å²) in [6, 6.07) is 5.15. The lowest BCUT2D eigenvalue weighted by Gasteiger charge is -2.34. The zero-order chi connectivity index (χ0) is 23.9. The number of rotatable bonds is 5. The Hall–Kier alpha value is -4.46. The molecule has 1 amide bonds. The zero-order valence-corrected chi connectivity index (χ0v) is 17.2. The lowest BCUT2D eigenvalue weighted by Crippen LogP contribution is -2.44. The van der Waals surface area contributed by atoms with Crippen molar-refractivity contribution < 1.29 is 33.9 Å². The van der Waals surface area contributed by atoms with Crippen LogP contribution in [0.5, 0.6) is 0 Å². The van der Waals surface area contributed by atoms with Gasteiger partial charge in [0.2, 0.25) is 5.76 Å². The zero-order valence-electron chi connectivity index (χ0n) is 17.2. The Morgan fingerprint density at radius 2 is 1.85 bits per heavy atom. The molecule has 4 rings (SSSR count). The van der Waals surface area contributed by atoms with Gasteiger partial charge in [-0.3, -0.25) is 14.9 Å². The SMILES string of the molecule is CN1CCN(c2ccc(C(=O)Nc3nn(C(=O)O)c4cc(C(=O)O)oc34)c([N+](=O)[O-])c2)CC1. The number of fused-ring (bicyclic) bond motifs is 1. The minimum absolute atomic E-state index is 0.199. The van der Waals surface area contributed by atoms with E-state index >= 15 is 0 Å². The van der Waals surface area contributed by atoms with E-state index in [4.69, 9.17) is 9.52 Å². The van der Waals surface area contributed by atoms with E-state index in [0.717, 1.165) is 19.2 Å². The third-order valence-corrected chi connectivity index (χ3v) is 5.27. The van der Waals surface area contributed by atoms with Crippen LogP contribution in [0.25, 0.3) is 11.1 Å². The van der Waals surface area contributed by atoms with Crippen LogP contribution in [0.4, 0.5) is 22.0 Å². The van der Waals surface area contributed by atoms with Gasteiger partial charge >= 0.3 is 12.1 Å². The Kier molecular flexibility index (Phi) is 5.43. The fourth-order valence-electron chi connectivity index (χ4n) is 3.54. The predicted molar refractivity (Wildman–Crippen MR) is 113 cm³/mol. The lowest BCUT2D eigenvalue weighted by molar-refractivity contribution is -0.385. The minimum atomic E-state index is -1.54. The van der Waals surface area contributed by atoms with Crippen molar-refractivity contribution in [2.75, 3.05) is 43.4 Å². The van der Waals surface area contributed by atoms with Crippen molar-refractivity contribution in [3.8, 4) is 0 Å². The van der Waals surface area contributed by atoms with Crippen molar-refractivity contribution in [3.05, 3.63) is 45.7 Å². The average Bonchev–Trinajstić information content (AvgIpc) is 3.34. The molecule has 33 heavy (non-hydrogen) atoms. The molecule has 1 saturated heterocycles. The van der Waals surface area contributed by atoms with E-state index in [-0.39, 0.29) is 22.5 Å². The number of nitrogens with zero attached hydrogens (tertiary/aromatic N) is 5. The Bertz CT molecular complexity index is 1290. The predicted octanol–water partition coefficient (Wildman–Crippen LogP) is 1.77. The fraction of sp³-hybridized carbons (Fsp3) is 0.263. The second-order valence-electron chi connectivity index (χ2n) is 7.38. The van der Waals surface area contributed by atoms with Gasteiger partial charge in [0.1, 0.15) is 11.1 Å². The van der Waals surface area contributed by atoms with Crippen molar-refractivity contribution in [2.45, 2.75) is 0 Å². The van der Waals surface area contributed by atoms with Gasteiger partial charge < -0.3 is 29.7 Å². The molecular formula is C19H18N6O8. The quantitative estimate of drug-likeness (QED) is 0.374. The smallest absolute Gasteiger partial charge is 0.432 e. The molecule has 14 nitrogen and oxygen atoms in total. The van der Waals surface area contributed by atoms with Gasteiger partial charge in [-0.25, -0.2) is 9.59 Å². The maximum atomic E-state index is 12.8. The fourth-order valence-corrected chi connectivity index (χ4v) is 3.54. The molecule has 14 heteroatoms.